The third-order valence-corrected chi connectivity index (χ3v) is 3.48. The van der Waals surface area contributed by atoms with Crippen molar-refractivity contribution in [3.63, 3.8) is 0 Å². The Bertz CT molecular complexity index is 392. The van der Waals surface area contributed by atoms with Gasteiger partial charge in [0.2, 0.25) is 0 Å². The van der Waals surface area contributed by atoms with E-state index in [-0.39, 0.29) is 25.0 Å². The summed E-state index contributed by atoms with van der Waals surface area (Å²) in [5.41, 5.74) is 0. The van der Waals surface area contributed by atoms with Crippen molar-refractivity contribution in [3.8, 4) is 0 Å². The number of rotatable bonds is 23. The summed E-state index contributed by atoms with van der Waals surface area (Å²) in [7, 11) is 1.35. The molecule has 0 fully saturated rings. The quantitative estimate of drug-likeness (QED) is 0.169. The van der Waals surface area contributed by atoms with Gasteiger partial charge >= 0.3 is 11.9 Å². The van der Waals surface area contributed by atoms with Crippen LogP contribution in [-0.4, -0.2) is 105 Å². The van der Waals surface area contributed by atoms with Crippen molar-refractivity contribution in [2.75, 3.05) is 93.0 Å². The minimum absolute atomic E-state index is 0.190. The van der Waals surface area contributed by atoms with E-state index in [4.69, 9.17) is 33.2 Å². The maximum absolute atomic E-state index is 11.1. The maximum atomic E-state index is 11.1. The molecule has 0 unspecified atom stereocenters. The van der Waals surface area contributed by atoms with Crippen molar-refractivity contribution in [2.45, 2.75) is 26.2 Å². The maximum Gasteiger partial charge on any atom is 0.307 e. The van der Waals surface area contributed by atoms with E-state index < -0.39 is 0 Å². The van der Waals surface area contributed by atoms with Gasteiger partial charge in [-0.1, -0.05) is 6.92 Å². The normalized spacial score (nSPS) is 10.9. The summed E-state index contributed by atoms with van der Waals surface area (Å²) < 4.78 is 41.4. The molecule has 178 valence electrons. The Morgan fingerprint density at radius 1 is 0.500 bits per heavy atom. The van der Waals surface area contributed by atoms with Gasteiger partial charge in [0, 0.05) is 6.42 Å². The number of methoxy groups -OCH3 is 1. The average molecular weight is 439 g/mol. The molecule has 0 spiro atoms. The van der Waals surface area contributed by atoms with Crippen LogP contribution in [0.1, 0.15) is 26.2 Å². The van der Waals surface area contributed by atoms with Crippen molar-refractivity contribution < 1.29 is 47.5 Å². The van der Waals surface area contributed by atoms with Crippen LogP contribution in [0.15, 0.2) is 0 Å². The highest BCUT2D eigenvalue weighted by Crippen LogP contribution is 1.91. The van der Waals surface area contributed by atoms with E-state index in [1.54, 1.807) is 0 Å². The molecule has 0 aromatic carbocycles. The van der Waals surface area contributed by atoms with Gasteiger partial charge in [0.15, 0.2) is 0 Å². The third-order valence-electron chi connectivity index (χ3n) is 3.48. The fourth-order valence-corrected chi connectivity index (χ4v) is 1.95. The van der Waals surface area contributed by atoms with Gasteiger partial charge in [-0.25, -0.2) is 0 Å². The molecule has 0 atom stereocenters. The Morgan fingerprint density at radius 2 is 0.867 bits per heavy atom. The molecule has 10 heteroatoms. The number of esters is 2. The molecule has 0 amide bonds. The number of ether oxygens (including phenoxy) is 8. The lowest BCUT2D eigenvalue weighted by Gasteiger charge is -2.08. The predicted molar refractivity (Wildman–Crippen MR) is 107 cm³/mol. The standard InChI is InChI=1S/C20H38O10/c1-3-4-20(22)30-18-17-29-16-15-28-14-13-27-12-11-26-10-9-25-8-7-24-6-5-19(21)23-2/h3-18H2,1-2H3. The molecule has 30 heavy (non-hydrogen) atoms. The number of hydrogen-bond donors (Lipinski definition) is 0. The highest BCUT2D eigenvalue weighted by molar-refractivity contribution is 5.69. The van der Waals surface area contributed by atoms with Crippen molar-refractivity contribution in [1.29, 1.82) is 0 Å². The van der Waals surface area contributed by atoms with E-state index in [2.05, 4.69) is 4.74 Å². The van der Waals surface area contributed by atoms with Gasteiger partial charge in [0.05, 0.1) is 92.8 Å². The smallest absolute Gasteiger partial charge is 0.307 e. The Balaban J connectivity index is 3.06. The lowest BCUT2D eigenvalue weighted by Crippen LogP contribution is -2.15. The van der Waals surface area contributed by atoms with Crippen LogP contribution in [0.25, 0.3) is 0 Å². The van der Waals surface area contributed by atoms with Crippen LogP contribution in [0, 0.1) is 0 Å². The molecular formula is C20H38O10. The summed E-state index contributed by atoms with van der Waals surface area (Å²) in [5, 5.41) is 0. The first-order valence-electron chi connectivity index (χ1n) is 10.4. The summed E-state index contributed by atoms with van der Waals surface area (Å²) in [6, 6.07) is 0. The first-order valence-corrected chi connectivity index (χ1v) is 10.4. The summed E-state index contributed by atoms with van der Waals surface area (Å²) in [6.07, 6.45) is 1.47. The number of carbonyl (C=O) groups is 2. The molecule has 0 N–H and O–H groups in total. The second kappa shape index (κ2) is 24.0. The molecule has 0 saturated carbocycles. The van der Waals surface area contributed by atoms with E-state index in [1.807, 2.05) is 6.92 Å². The lowest BCUT2D eigenvalue weighted by molar-refractivity contribution is -0.145. The largest absolute Gasteiger partial charge is 0.469 e. The first kappa shape index (κ1) is 28.7. The molecule has 0 radical (unpaired) electrons. The van der Waals surface area contributed by atoms with Crippen LogP contribution in [0.3, 0.4) is 0 Å². The monoisotopic (exact) mass is 438 g/mol. The lowest BCUT2D eigenvalue weighted by atomic mass is 10.3. The van der Waals surface area contributed by atoms with E-state index in [0.29, 0.717) is 85.7 Å². The van der Waals surface area contributed by atoms with Gasteiger partial charge in [-0.15, -0.1) is 0 Å². The van der Waals surface area contributed by atoms with Crippen molar-refractivity contribution >= 4 is 11.9 Å². The third kappa shape index (κ3) is 23.0. The van der Waals surface area contributed by atoms with Gasteiger partial charge in [-0.2, -0.15) is 0 Å². The van der Waals surface area contributed by atoms with Crippen LogP contribution in [0.4, 0.5) is 0 Å². The van der Waals surface area contributed by atoms with E-state index in [9.17, 15) is 9.59 Å². The fraction of sp³-hybridized carbons (Fsp3) is 0.900. The van der Waals surface area contributed by atoms with Gasteiger partial charge in [0.25, 0.3) is 0 Å². The van der Waals surface area contributed by atoms with Crippen LogP contribution in [-0.2, 0) is 47.5 Å². The highest BCUT2D eigenvalue weighted by atomic mass is 16.6. The van der Waals surface area contributed by atoms with Gasteiger partial charge < -0.3 is 37.9 Å². The Morgan fingerprint density at radius 3 is 1.23 bits per heavy atom. The Hall–Kier alpha value is -1.30. The molecule has 0 aromatic heterocycles. The van der Waals surface area contributed by atoms with Crippen LogP contribution >= 0.6 is 0 Å². The second-order valence-corrected chi connectivity index (χ2v) is 5.97. The van der Waals surface area contributed by atoms with Gasteiger partial charge in [0.1, 0.15) is 6.61 Å². The van der Waals surface area contributed by atoms with Crippen LogP contribution in [0.2, 0.25) is 0 Å². The van der Waals surface area contributed by atoms with Crippen molar-refractivity contribution in [2.24, 2.45) is 0 Å². The molecule has 0 heterocycles. The fourth-order valence-electron chi connectivity index (χ4n) is 1.95. The highest BCUT2D eigenvalue weighted by Gasteiger charge is 2.00. The number of carbonyl (C=O) groups excluding carboxylic acids is 2. The van der Waals surface area contributed by atoms with E-state index >= 15 is 0 Å². The van der Waals surface area contributed by atoms with Crippen LogP contribution in [0.5, 0.6) is 0 Å². The molecule has 0 aromatic rings. The van der Waals surface area contributed by atoms with E-state index in [0.717, 1.165) is 6.42 Å². The molecule has 10 nitrogen and oxygen atoms in total. The molecule has 0 aliphatic rings. The topological polar surface area (TPSA) is 108 Å². The summed E-state index contributed by atoms with van der Waals surface area (Å²) in [6.45, 7) is 7.59. The zero-order chi connectivity index (χ0) is 22.1. The van der Waals surface area contributed by atoms with Crippen molar-refractivity contribution in [3.05, 3.63) is 0 Å². The molecule has 0 aliphatic carbocycles. The zero-order valence-corrected chi connectivity index (χ0v) is 18.4. The summed E-state index contributed by atoms with van der Waals surface area (Å²) >= 11 is 0. The summed E-state index contributed by atoms with van der Waals surface area (Å²) in [4.78, 5) is 22.0. The van der Waals surface area contributed by atoms with Gasteiger partial charge in [-0.3, -0.25) is 9.59 Å². The first-order chi connectivity index (χ1) is 14.7. The number of hydrogen-bond acceptors (Lipinski definition) is 10. The average Bonchev–Trinajstić information content (AvgIpc) is 2.74. The van der Waals surface area contributed by atoms with E-state index in [1.165, 1.54) is 7.11 Å². The minimum Gasteiger partial charge on any atom is -0.469 e. The van der Waals surface area contributed by atoms with Crippen LogP contribution < -0.4 is 0 Å². The predicted octanol–water partition coefficient (Wildman–Crippen LogP) is 0.992. The molecule has 0 saturated heterocycles. The Labute approximate surface area is 179 Å². The minimum atomic E-state index is -0.286. The zero-order valence-electron chi connectivity index (χ0n) is 18.4. The van der Waals surface area contributed by atoms with Gasteiger partial charge in [-0.05, 0) is 6.42 Å². The van der Waals surface area contributed by atoms with Crippen molar-refractivity contribution in [1.82, 2.24) is 0 Å². The molecule has 0 aliphatic heterocycles. The SMILES string of the molecule is CCCC(=O)OCCOCCOCCOCCOCCOCCOCCC(=O)OC. The summed E-state index contributed by atoms with van der Waals surface area (Å²) in [5.74, 6) is -0.476. The molecule has 0 rings (SSSR count). The molecular weight excluding hydrogens is 400 g/mol. The second-order valence-electron chi connectivity index (χ2n) is 5.97. The Kier molecular flexibility index (Phi) is 22.9. The molecule has 0 bridgehead atoms.